The fourth-order valence-electron chi connectivity index (χ4n) is 1.59. The highest BCUT2D eigenvalue weighted by molar-refractivity contribution is 14.0. The van der Waals surface area contributed by atoms with Crippen molar-refractivity contribution in [3.63, 3.8) is 0 Å². The van der Waals surface area contributed by atoms with E-state index in [-0.39, 0.29) is 24.0 Å². The van der Waals surface area contributed by atoms with Crippen LogP contribution < -0.4 is 10.6 Å². The molecular formula is C13H23ClIN3S2. The van der Waals surface area contributed by atoms with Crippen LogP contribution in [0.4, 0.5) is 0 Å². The first-order valence-corrected chi connectivity index (χ1v) is 9.02. The lowest BCUT2D eigenvalue weighted by molar-refractivity contribution is 0.731. The molecule has 0 spiro atoms. The molecule has 0 unspecified atom stereocenters. The van der Waals surface area contributed by atoms with E-state index in [9.17, 15) is 0 Å². The van der Waals surface area contributed by atoms with Crippen molar-refractivity contribution >= 4 is 64.6 Å². The predicted molar refractivity (Wildman–Crippen MR) is 105 cm³/mol. The van der Waals surface area contributed by atoms with Gasteiger partial charge in [-0.3, -0.25) is 4.99 Å². The molecule has 2 N–H and O–H groups in total. The number of hydrogen-bond donors (Lipinski definition) is 2. The predicted octanol–water partition coefficient (Wildman–Crippen LogP) is 3.87. The minimum atomic E-state index is 0. The first-order valence-electron chi connectivity index (χ1n) is 6.44. The summed E-state index contributed by atoms with van der Waals surface area (Å²) in [5, 5.41) is 6.64. The second kappa shape index (κ2) is 13.0. The van der Waals surface area contributed by atoms with E-state index in [2.05, 4.69) is 27.9 Å². The molecule has 0 aromatic carbocycles. The average Bonchev–Trinajstić information content (AvgIpc) is 2.82. The van der Waals surface area contributed by atoms with Crippen molar-refractivity contribution in [2.45, 2.75) is 19.3 Å². The van der Waals surface area contributed by atoms with Crippen LogP contribution in [0.1, 0.15) is 17.7 Å². The molecule has 1 aromatic heterocycles. The Morgan fingerprint density at radius 3 is 2.65 bits per heavy atom. The lowest BCUT2D eigenvalue weighted by Crippen LogP contribution is -2.38. The van der Waals surface area contributed by atoms with Gasteiger partial charge in [-0.15, -0.1) is 35.3 Å². The van der Waals surface area contributed by atoms with Crippen LogP contribution in [0.3, 0.4) is 0 Å². The molecule has 0 radical (unpaired) electrons. The summed E-state index contributed by atoms with van der Waals surface area (Å²) in [6.07, 6.45) is 5.55. The Bertz CT molecular complexity index is 385. The maximum absolute atomic E-state index is 5.90. The zero-order valence-electron chi connectivity index (χ0n) is 11.9. The van der Waals surface area contributed by atoms with Gasteiger partial charge in [-0.2, -0.15) is 11.8 Å². The van der Waals surface area contributed by atoms with Gasteiger partial charge in [0.2, 0.25) is 0 Å². The monoisotopic (exact) mass is 447 g/mol. The number of thiophene rings is 1. The summed E-state index contributed by atoms with van der Waals surface area (Å²) in [6, 6.07) is 4.02. The normalized spacial score (nSPS) is 11.1. The Kier molecular flexibility index (Phi) is 13.3. The van der Waals surface area contributed by atoms with Gasteiger partial charge < -0.3 is 10.6 Å². The average molecular weight is 448 g/mol. The van der Waals surface area contributed by atoms with Crippen LogP contribution >= 0.6 is 58.7 Å². The molecule has 1 aromatic rings. The summed E-state index contributed by atoms with van der Waals surface area (Å²) in [7, 11) is 1.80. The van der Waals surface area contributed by atoms with Crippen LogP contribution in [-0.2, 0) is 6.42 Å². The third kappa shape index (κ3) is 9.31. The van der Waals surface area contributed by atoms with Crippen LogP contribution in [0.2, 0.25) is 4.34 Å². The van der Waals surface area contributed by atoms with E-state index in [4.69, 9.17) is 11.6 Å². The van der Waals surface area contributed by atoms with Crippen molar-refractivity contribution in [2.24, 2.45) is 4.99 Å². The molecule has 116 valence electrons. The van der Waals surface area contributed by atoms with Crippen molar-refractivity contribution in [1.82, 2.24) is 10.6 Å². The number of hydrogen-bond acceptors (Lipinski definition) is 3. The number of rotatable bonds is 8. The molecule has 0 fully saturated rings. The first kappa shape index (κ1) is 20.3. The third-order valence-corrected chi connectivity index (χ3v) is 4.57. The molecular weight excluding hydrogens is 425 g/mol. The van der Waals surface area contributed by atoms with Gasteiger partial charge in [0.05, 0.1) is 4.34 Å². The number of nitrogens with zero attached hydrogens (tertiary/aromatic N) is 1. The van der Waals surface area contributed by atoms with Gasteiger partial charge in [0.25, 0.3) is 0 Å². The number of guanidine groups is 1. The second-order valence-corrected chi connectivity index (χ2v) is 6.87. The maximum atomic E-state index is 5.90. The molecule has 20 heavy (non-hydrogen) atoms. The Hall–Kier alpha value is 0.340. The quantitative estimate of drug-likeness (QED) is 0.275. The van der Waals surface area contributed by atoms with Crippen molar-refractivity contribution in [1.29, 1.82) is 0 Å². The van der Waals surface area contributed by atoms with Gasteiger partial charge >= 0.3 is 0 Å². The van der Waals surface area contributed by atoms with Gasteiger partial charge in [0.1, 0.15) is 0 Å². The Balaban J connectivity index is 0.00000361. The SMILES string of the molecule is CN=C(NCCCCSC)NCCc1ccc(Cl)s1.I. The topological polar surface area (TPSA) is 36.4 Å². The van der Waals surface area contributed by atoms with Crippen LogP contribution in [0, 0.1) is 0 Å². The fourth-order valence-corrected chi connectivity index (χ4v) is 3.17. The molecule has 0 saturated carbocycles. The third-order valence-electron chi connectivity index (χ3n) is 2.58. The van der Waals surface area contributed by atoms with Gasteiger partial charge in [0, 0.05) is 25.0 Å². The summed E-state index contributed by atoms with van der Waals surface area (Å²) in [6.45, 7) is 1.85. The van der Waals surface area contributed by atoms with E-state index >= 15 is 0 Å². The zero-order chi connectivity index (χ0) is 13.9. The number of thioether (sulfide) groups is 1. The highest BCUT2D eigenvalue weighted by atomic mass is 127. The molecule has 0 aliphatic carbocycles. The Labute approximate surface area is 152 Å². The summed E-state index contributed by atoms with van der Waals surface area (Å²) < 4.78 is 0.853. The summed E-state index contributed by atoms with van der Waals surface area (Å²) in [5.41, 5.74) is 0. The van der Waals surface area contributed by atoms with Crippen LogP contribution in [-0.4, -0.2) is 38.1 Å². The van der Waals surface area contributed by atoms with Gasteiger partial charge in [-0.25, -0.2) is 0 Å². The number of unbranched alkanes of at least 4 members (excludes halogenated alkanes) is 1. The van der Waals surface area contributed by atoms with Gasteiger partial charge in [-0.05, 0) is 43.4 Å². The van der Waals surface area contributed by atoms with E-state index in [1.54, 1.807) is 18.4 Å². The highest BCUT2D eigenvalue weighted by Crippen LogP contribution is 2.21. The van der Waals surface area contributed by atoms with E-state index < -0.39 is 0 Å². The first-order chi connectivity index (χ1) is 9.26. The highest BCUT2D eigenvalue weighted by Gasteiger charge is 2.00. The molecule has 0 aliphatic rings. The molecule has 1 rings (SSSR count). The minimum Gasteiger partial charge on any atom is -0.356 e. The largest absolute Gasteiger partial charge is 0.356 e. The van der Waals surface area contributed by atoms with Gasteiger partial charge in [0.15, 0.2) is 5.96 Å². The number of aliphatic imine (C=N–C) groups is 1. The number of nitrogens with one attached hydrogen (secondary N) is 2. The van der Waals surface area contributed by atoms with Crippen molar-refractivity contribution in [3.05, 3.63) is 21.3 Å². The summed E-state index contributed by atoms with van der Waals surface area (Å²) in [4.78, 5) is 5.51. The molecule has 3 nitrogen and oxygen atoms in total. The summed E-state index contributed by atoms with van der Waals surface area (Å²) >= 11 is 9.43. The van der Waals surface area contributed by atoms with Crippen molar-refractivity contribution in [3.8, 4) is 0 Å². The number of halogens is 2. The molecule has 1 heterocycles. The van der Waals surface area contributed by atoms with Crippen molar-refractivity contribution in [2.75, 3.05) is 32.1 Å². The van der Waals surface area contributed by atoms with Crippen LogP contribution in [0.25, 0.3) is 0 Å². The molecule has 7 heteroatoms. The molecule has 0 bridgehead atoms. The van der Waals surface area contributed by atoms with Crippen molar-refractivity contribution < 1.29 is 0 Å². The lowest BCUT2D eigenvalue weighted by atomic mass is 10.3. The van der Waals surface area contributed by atoms with Crippen LogP contribution in [0.15, 0.2) is 17.1 Å². The summed E-state index contributed by atoms with van der Waals surface area (Å²) in [5.74, 6) is 2.11. The lowest BCUT2D eigenvalue weighted by Gasteiger charge is -2.11. The smallest absolute Gasteiger partial charge is 0.190 e. The minimum absolute atomic E-state index is 0. The molecule has 0 atom stereocenters. The molecule has 0 amide bonds. The van der Waals surface area contributed by atoms with E-state index in [1.165, 1.54) is 23.5 Å². The van der Waals surface area contributed by atoms with Crippen LogP contribution in [0.5, 0.6) is 0 Å². The molecule has 0 saturated heterocycles. The standard InChI is InChI=1S/C13H22ClN3S2.HI/c1-15-13(16-8-3-4-10-18-2)17-9-7-11-5-6-12(14)19-11;/h5-6H,3-4,7-10H2,1-2H3,(H2,15,16,17);1H. The van der Waals surface area contributed by atoms with E-state index in [1.807, 2.05) is 17.8 Å². The van der Waals surface area contributed by atoms with Gasteiger partial charge in [-0.1, -0.05) is 11.6 Å². The van der Waals surface area contributed by atoms with E-state index in [0.717, 1.165) is 29.8 Å². The zero-order valence-corrected chi connectivity index (χ0v) is 16.7. The molecule has 0 aliphatic heterocycles. The second-order valence-electron chi connectivity index (χ2n) is 4.08. The fraction of sp³-hybridized carbons (Fsp3) is 0.615. The van der Waals surface area contributed by atoms with E-state index in [0.29, 0.717) is 0 Å². The Morgan fingerprint density at radius 2 is 2.05 bits per heavy atom. The maximum Gasteiger partial charge on any atom is 0.190 e. The Morgan fingerprint density at radius 1 is 1.30 bits per heavy atom.